The molecule has 0 heterocycles. The van der Waals surface area contributed by atoms with Crippen molar-refractivity contribution in [2.45, 2.75) is 36.1 Å². The van der Waals surface area contributed by atoms with Crippen molar-refractivity contribution in [1.29, 1.82) is 5.26 Å². The van der Waals surface area contributed by atoms with Crippen LogP contribution in [0.15, 0.2) is 29.2 Å². The number of benzene rings is 1. The molecule has 0 atom stereocenters. The Balaban J connectivity index is 2.25. The number of halogens is 1. The quantitative estimate of drug-likeness (QED) is 0.758. The first-order valence-corrected chi connectivity index (χ1v) is 8.10. The zero-order valence-corrected chi connectivity index (χ0v) is 12.0. The summed E-state index contributed by atoms with van der Waals surface area (Å²) in [5.41, 5.74) is 0.885. The van der Waals surface area contributed by atoms with Crippen molar-refractivity contribution in [3.8, 4) is 6.07 Å². The number of nitrogens with zero attached hydrogens (tertiary/aromatic N) is 2. The zero-order valence-electron chi connectivity index (χ0n) is 10.4. The van der Waals surface area contributed by atoms with Crippen molar-refractivity contribution in [1.82, 2.24) is 4.31 Å². The molecule has 0 aliphatic heterocycles. The molecule has 0 unspecified atom stereocenters. The first-order chi connectivity index (χ1) is 9.09. The van der Waals surface area contributed by atoms with Gasteiger partial charge in [0.1, 0.15) is 0 Å². The molecule has 4 nitrogen and oxygen atoms in total. The average Bonchev–Trinajstić information content (AvgIpc) is 3.23. The van der Waals surface area contributed by atoms with E-state index < -0.39 is 10.0 Å². The number of alkyl halides is 1. The van der Waals surface area contributed by atoms with Crippen LogP contribution < -0.4 is 0 Å². The highest BCUT2D eigenvalue weighted by atomic mass is 35.5. The van der Waals surface area contributed by atoms with E-state index in [0.29, 0.717) is 5.88 Å². The fraction of sp³-hybridized carbons (Fsp3) is 0.462. The van der Waals surface area contributed by atoms with E-state index in [4.69, 9.17) is 16.9 Å². The highest BCUT2D eigenvalue weighted by molar-refractivity contribution is 7.89. The van der Waals surface area contributed by atoms with Crippen LogP contribution in [-0.4, -0.2) is 25.3 Å². The molecule has 0 spiro atoms. The van der Waals surface area contributed by atoms with Gasteiger partial charge in [-0.1, -0.05) is 12.1 Å². The Morgan fingerprint density at radius 3 is 2.42 bits per heavy atom. The Morgan fingerprint density at radius 2 is 1.95 bits per heavy atom. The summed E-state index contributed by atoms with van der Waals surface area (Å²) in [6.07, 6.45) is 1.98. The van der Waals surface area contributed by atoms with Crippen LogP contribution in [0.2, 0.25) is 0 Å². The first kappa shape index (κ1) is 14.3. The van der Waals surface area contributed by atoms with E-state index in [0.717, 1.165) is 18.4 Å². The van der Waals surface area contributed by atoms with Crippen LogP contribution in [0.25, 0.3) is 0 Å². The van der Waals surface area contributed by atoms with Gasteiger partial charge in [-0.05, 0) is 30.5 Å². The van der Waals surface area contributed by atoms with Gasteiger partial charge >= 0.3 is 0 Å². The maximum atomic E-state index is 12.5. The van der Waals surface area contributed by atoms with Gasteiger partial charge in [-0.25, -0.2) is 8.42 Å². The van der Waals surface area contributed by atoms with Crippen LogP contribution in [0, 0.1) is 11.3 Å². The Labute approximate surface area is 118 Å². The summed E-state index contributed by atoms with van der Waals surface area (Å²) in [6, 6.07) is 8.65. The smallest absolute Gasteiger partial charge is 0.207 e. The summed E-state index contributed by atoms with van der Waals surface area (Å²) in [5, 5.41) is 8.64. The molecule has 6 heteroatoms. The summed E-state index contributed by atoms with van der Waals surface area (Å²) < 4.78 is 26.5. The third-order valence-electron chi connectivity index (χ3n) is 3.08. The second-order valence-electron chi connectivity index (χ2n) is 4.53. The Morgan fingerprint density at radius 1 is 1.32 bits per heavy atom. The number of nitriles is 1. The minimum Gasteiger partial charge on any atom is -0.207 e. The number of sulfonamides is 1. The summed E-state index contributed by atoms with van der Waals surface area (Å²) in [7, 11) is -3.50. The lowest BCUT2D eigenvalue weighted by Gasteiger charge is -2.20. The SMILES string of the molecule is N#CCCN(C1CC1)S(=O)(=O)c1ccc(CCl)cc1. The van der Waals surface area contributed by atoms with Gasteiger partial charge in [0, 0.05) is 24.9 Å². The van der Waals surface area contributed by atoms with Gasteiger partial charge in [-0.2, -0.15) is 9.57 Å². The molecule has 1 aromatic carbocycles. The van der Waals surface area contributed by atoms with Crippen LogP contribution in [0.1, 0.15) is 24.8 Å². The van der Waals surface area contributed by atoms with E-state index in [2.05, 4.69) is 0 Å². The molecular weight excluding hydrogens is 284 g/mol. The summed E-state index contributed by atoms with van der Waals surface area (Å²) in [4.78, 5) is 0.270. The van der Waals surface area contributed by atoms with Crippen LogP contribution in [0.3, 0.4) is 0 Å². The Bertz CT molecular complexity index is 574. The van der Waals surface area contributed by atoms with Gasteiger partial charge in [0.05, 0.1) is 11.0 Å². The van der Waals surface area contributed by atoms with Gasteiger partial charge in [0.25, 0.3) is 0 Å². The zero-order chi connectivity index (χ0) is 13.9. The number of hydrogen-bond donors (Lipinski definition) is 0. The fourth-order valence-corrected chi connectivity index (χ4v) is 3.77. The number of hydrogen-bond acceptors (Lipinski definition) is 3. The highest BCUT2D eigenvalue weighted by Crippen LogP contribution is 2.32. The van der Waals surface area contributed by atoms with Crippen molar-refractivity contribution in [3.63, 3.8) is 0 Å². The minimum absolute atomic E-state index is 0.0612. The molecule has 2 rings (SSSR count). The molecule has 1 aliphatic carbocycles. The fourth-order valence-electron chi connectivity index (χ4n) is 1.91. The van der Waals surface area contributed by atoms with E-state index in [1.54, 1.807) is 24.3 Å². The third-order valence-corrected chi connectivity index (χ3v) is 5.36. The van der Waals surface area contributed by atoms with E-state index in [1.165, 1.54) is 4.31 Å². The molecule has 0 N–H and O–H groups in total. The minimum atomic E-state index is -3.50. The number of rotatable bonds is 6. The molecule has 1 fully saturated rings. The van der Waals surface area contributed by atoms with Crippen LogP contribution in [0.5, 0.6) is 0 Å². The van der Waals surface area contributed by atoms with Crippen LogP contribution in [-0.2, 0) is 15.9 Å². The van der Waals surface area contributed by atoms with Gasteiger partial charge < -0.3 is 0 Å². The molecule has 1 saturated carbocycles. The third kappa shape index (κ3) is 3.27. The predicted octanol–water partition coefficient (Wildman–Crippen LogP) is 2.49. The van der Waals surface area contributed by atoms with Gasteiger partial charge in [-0.3, -0.25) is 0 Å². The standard InChI is InChI=1S/C13H15ClN2O2S/c14-10-11-2-6-13(7-3-11)19(17,18)16(9-1-8-15)12-4-5-12/h2-3,6-7,12H,1,4-5,9-10H2. The van der Waals surface area contributed by atoms with Crippen molar-refractivity contribution in [2.24, 2.45) is 0 Å². The van der Waals surface area contributed by atoms with E-state index in [9.17, 15) is 8.42 Å². The van der Waals surface area contributed by atoms with Crippen molar-refractivity contribution in [2.75, 3.05) is 6.54 Å². The lowest BCUT2D eigenvalue weighted by Crippen LogP contribution is -2.33. The molecule has 0 bridgehead atoms. The largest absolute Gasteiger partial charge is 0.243 e. The molecular formula is C13H15ClN2O2S. The first-order valence-electron chi connectivity index (χ1n) is 6.13. The second-order valence-corrected chi connectivity index (χ2v) is 6.69. The van der Waals surface area contributed by atoms with Gasteiger partial charge in [0.15, 0.2) is 0 Å². The Kier molecular flexibility index (Phi) is 4.46. The van der Waals surface area contributed by atoms with Crippen LogP contribution >= 0.6 is 11.6 Å². The van der Waals surface area contributed by atoms with Gasteiger partial charge in [0.2, 0.25) is 10.0 Å². The molecule has 102 valence electrons. The normalized spacial score (nSPS) is 15.4. The summed E-state index contributed by atoms with van der Waals surface area (Å²) in [6.45, 7) is 0.265. The van der Waals surface area contributed by atoms with E-state index in [1.807, 2.05) is 6.07 Å². The maximum absolute atomic E-state index is 12.5. The molecule has 19 heavy (non-hydrogen) atoms. The molecule has 0 aromatic heterocycles. The van der Waals surface area contributed by atoms with E-state index in [-0.39, 0.29) is 23.9 Å². The summed E-state index contributed by atoms with van der Waals surface area (Å²) >= 11 is 5.69. The molecule has 0 amide bonds. The predicted molar refractivity (Wildman–Crippen MR) is 73.1 cm³/mol. The topological polar surface area (TPSA) is 61.2 Å². The average molecular weight is 299 g/mol. The van der Waals surface area contributed by atoms with Crippen molar-refractivity contribution < 1.29 is 8.42 Å². The highest BCUT2D eigenvalue weighted by Gasteiger charge is 2.37. The lowest BCUT2D eigenvalue weighted by molar-refractivity contribution is 0.411. The van der Waals surface area contributed by atoms with Crippen molar-refractivity contribution in [3.05, 3.63) is 29.8 Å². The molecule has 0 radical (unpaired) electrons. The van der Waals surface area contributed by atoms with Gasteiger partial charge in [-0.15, -0.1) is 11.6 Å². The molecule has 1 aromatic rings. The monoisotopic (exact) mass is 298 g/mol. The summed E-state index contributed by atoms with van der Waals surface area (Å²) in [5.74, 6) is 0.362. The van der Waals surface area contributed by atoms with Crippen LogP contribution in [0.4, 0.5) is 0 Å². The Hall–Kier alpha value is -1.09. The lowest BCUT2D eigenvalue weighted by atomic mass is 10.2. The van der Waals surface area contributed by atoms with Crippen molar-refractivity contribution >= 4 is 21.6 Å². The molecule has 0 saturated heterocycles. The molecule has 1 aliphatic rings. The van der Waals surface area contributed by atoms with E-state index >= 15 is 0 Å². The second kappa shape index (κ2) is 5.91. The maximum Gasteiger partial charge on any atom is 0.243 e.